The third-order valence-corrected chi connectivity index (χ3v) is 11.4. The predicted octanol–water partition coefficient (Wildman–Crippen LogP) is 13.2. The summed E-state index contributed by atoms with van der Waals surface area (Å²) in [6.07, 6.45) is 54.2. The number of nitrogens with zero attached hydrogens (tertiary/aromatic N) is 1. The van der Waals surface area contributed by atoms with Crippen LogP contribution in [0.1, 0.15) is 200 Å². The van der Waals surface area contributed by atoms with Gasteiger partial charge in [-0.2, -0.15) is 0 Å². The van der Waals surface area contributed by atoms with E-state index in [9.17, 15) is 19.4 Å². The number of quaternary nitrogens is 1. The van der Waals surface area contributed by atoms with Crippen LogP contribution in [0.4, 0.5) is 0 Å². The van der Waals surface area contributed by atoms with Gasteiger partial charge in [-0.3, -0.25) is 9.36 Å². The van der Waals surface area contributed by atoms with Crippen LogP contribution in [-0.2, 0) is 18.4 Å². The molecular formula is C50H93N2O6P. The molecule has 0 bridgehead atoms. The number of likely N-dealkylation sites (N-methyl/N-ethyl adjacent to an activating group) is 1. The molecule has 2 N–H and O–H groups in total. The van der Waals surface area contributed by atoms with Crippen molar-refractivity contribution in [3.8, 4) is 0 Å². The van der Waals surface area contributed by atoms with E-state index in [2.05, 4.69) is 67.8 Å². The minimum atomic E-state index is -4.61. The van der Waals surface area contributed by atoms with Crippen LogP contribution < -0.4 is 10.2 Å². The first-order chi connectivity index (χ1) is 28.5. The molecule has 1 amide bonds. The minimum Gasteiger partial charge on any atom is -0.756 e. The van der Waals surface area contributed by atoms with Crippen LogP contribution in [0.3, 0.4) is 0 Å². The predicted molar refractivity (Wildman–Crippen MR) is 251 cm³/mol. The third kappa shape index (κ3) is 44.1. The number of phosphoric ester groups is 1. The van der Waals surface area contributed by atoms with Crippen LogP contribution in [0.5, 0.6) is 0 Å². The zero-order valence-electron chi connectivity index (χ0n) is 38.9. The van der Waals surface area contributed by atoms with Gasteiger partial charge in [0, 0.05) is 6.42 Å². The number of amides is 1. The minimum absolute atomic E-state index is 0.0123. The Labute approximate surface area is 364 Å². The molecule has 0 saturated carbocycles. The van der Waals surface area contributed by atoms with Crippen molar-refractivity contribution in [2.24, 2.45) is 0 Å². The van der Waals surface area contributed by atoms with Crippen molar-refractivity contribution in [1.82, 2.24) is 5.32 Å². The molecule has 0 heterocycles. The van der Waals surface area contributed by atoms with E-state index >= 15 is 0 Å². The summed E-state index contributed by atoms with van der Waals surface area (Å²) in [7, 11) is 1.22. The Morgan fingerprint density at radius 2 is 1.05 bits per heavy atom. The van der Waals surface area contributed by atoms with Gasteiger partial charge in [0.05, 0.1) is 39.9 Å². The SMILES string of the molecule is CC/C=C\C/C=C\C/C=C\CCCCCCCC(=O)NC(COP(=O)([O-])OCC[N+](C)(C)C)C(O)/C=C/CC/C=C/CCCCCCCCCCCCCCCCCC. The molecule has 0 saturated heterocycles. The fraction of sp³-hybridized carbons (Fsp3) is 0.780. The fourth-order valence-corrected chi connectivity index (χ4v) is 7.38. The van der Waals surface area contributed by atoms with Crippen molar-refractivity contribution in [3.63, 3.8) is 0 Å². The van der Waals surface area contributed by atoms with Crippen LogP contribution >= 0.6 is 7.82 Å². The van der Waals surface area contributed by atoms with E-state index in [0.717, 1.165) is 77.0 Å². The van der Waals surface area contributed by atoms with E-state index in [4.69, 9.17) is 9.05 Å². The summed E-state index contributed by atoms with van der Waals surface area (Å²) in [6, 6.07) is -0.914. The fourth-order valence-electron chi connectivity index (χ4n) is 6.65. The van der Waals surface area contributed by atoms with E-state index in [1.165, 1.54) is 103 Å². The summed E-state index contributed by atoms with van der Waals surface area (Å²) in [5.74, 6) is -0.226. The van der Waals surface area contributed by atoms with Crippen molar-refractivity contribution < 1.29 is 32.9 Å². The molecule has 0 rings (SSSR count). The second kappa shape index (κ2) is 41.5. The number of carbonyl (C=O) groups excluding carboxylic acids is 1. The Hall–Kier alpha value is -1.80. The molecule has 9 heteroatoms. The van der Waals surface area contributed by atoms with Gasteiger partial charge in [0.1, 0.15) is 13.2 Å². The number of aliphatic hydroxyl groups excluding tert-OH is 1. The van der Waals surface area contributed by atoms with E-state index in [1.807, 2.05) is 27.2 Å². The van der Waals surface area contributed by atoms with Crippen LogP contribution in [-0.4, -0.2) is 68.5 Å². The number of unbranched alkanes of at least 4 members (excludes halogenated alkanes) is 22. The molecule has 0 aromatic rings. The highest BCUT2D eigenvalue weighted by Crippen LogP contribution is 2.38. The highest BCUT2D eigenvalue weighted by molar-refractivity contribution is 7.45. The molecule has 0 spiro atoms. The first-order valence-corrected chi connectivity index (χ1v) is 25.6. The average molecular weight is 849 g/mol. The molecule has 3 unspecified atom stereocenters. The second-order valence-corrected chi connectivity index (χ2v) is 18.8. The molecule has 8 nitrogen and oxygen atoms in total. The Morgan fingerprint density at radius 1 is 0.610 bits per heavy atom. The molecule has 0 aliphatic rings. The molecule has 3 atom stereocenters. The van der Waals surface area contributed by atoms with Crippen molar-refractivity contribution in [2.45, 2.75) is 212 Å². The van der Waals surface area contributed by atoms with Gasteiger partial charge in [-0.15, -0.1) is 0 Å². The quantitative estimate of drug-likeness (QED) is 0.0274. The lowest BCUT2D eigenvalue weighted by Gasteiger charge is -2.29. The van der Waals surface area contributed by atoms with Gasteiger partial charge in [-0.1, -0.05) is 190 Å². The maximum Gasteiger partial charge on any atom is 0.268 e. The maximum absolute atomic E-state index is 12.9. The lowest BCUT2D eigenvalue weighted by atomic mass is 10.0. The maximum atomic E-state index is 12.9. The Kier molecular flexibility index (Phi) is 40.3. The van der Waals surface area contributed by atoms with Gasteiger partial charge in [0.25, 0.3) is 7.82 Å². The van der Waals surface area contributed by atoms with Gasteiger partial charge in [0.2, 0.25) is 5.91 Å². The molecular weight excluding hydrogens is 756 g/mol. The monoisotopic (exact) mass is 849 g/mol. The number of aliphatic hydroxyl groups is 1. The average Bonchev–Trinajstić information content (AvgIpc) is 3.19. The zero-order valence-corrected chi connectivity index (χ0v) is 39.8. The van der Waals surface area contributed by atoms with Crippen molar-refractivity contribution in [3.05, 3.63) is 60.8 Å². The molecule has 0 fully saturated rings. The molecule has 0 aromatic carbocycles. The Balaban J connectivity index is 4.41. The number of hydrogen-bond acceptors (Lipinski definition) is 6. The summed E-state index contributed by atoms with van der Waals surface area (Å²) in [5.41, 5.74) is 0. The third-order valence-electron chi connectivity index (χ3n) is 10.5. The molecule has 0 aromatic heterocycles. The van der Waals surface area contributed by atoms with E-state index < -0.39 is 26.6 Å². The molecule has 344 valence electrons. The van der Waals surface area contributed by atoms with E-state index in [1.54, 1.807) is 6.08 Å². The van der Waals surface area contributed by atoms with Crippen LogP contribution in [0, 0.1) is 0 Å². The number of phosphoric acid groups is 1. The van der Waals surface area contributed by atoms with Crippen molar-refractivity contribution in [2.75, 3.05) is 40.9 Å². The van der Waals surface area contributed by atoms with Gasteiger partial charge >= 0.3 is 0 Å². The van der Waals surface area contributed by atoms with Crippen LogP contribution in [0.25, 0.3) is 0 Å². The Bertz CT molecular complexity index is 1140. The summed E-state index contributed by atoms with van der Waals surface area (Å²) < 4.78 is 23.2. The lowest BCUT2D eigenvalue weighted by Crippen LogP contribution is -2.45. The van der Waals surface area contributed by atoms with Gasteiger partial charge < -0.3 is 28.8 Å². The van der Waals surface area contributed by atoms with Crippen molar-refractivity contribution >= 4 is 13.7 Å². The summed E-state index contributed by atoms with van der Waals surface area (Å²) in [4.78, 5) is 25.3. The standard InChI is InChI=1S/C50H93N2O6P/c1-6-8-10-12-14-16-18-20-22-23-24-25-26-27-28-30-31-33-35-37-39-41-43-49(53)48(47-58-59(55,56)57-46-45-52(3,4)5)51-50(54)44-42-40-38-36-34-32-29-21-19-17-15-13-11-9-7-2/h9,11,15,17,21,29,33,35,41,43,48-49,53H,6-8,10,12-14,16,18-20,22-28,30-32,34,36-40,42,44-47H2,1-5H3,(H-,51,54,55,56)/b11-9-,17-15-,29-21-,35-33+,43-41+. The summed E-state index contributed by atoms with van der Waals surface area (Å²) in [5, 5.41) is 13.8. The zero-order chi connectivity index (χ0) is 43.6. The summed E-state index contributed by atoms with van der Waals surface area (Å²) >= 11 is 0. The summed E-state index contributed by atoms with van der Waals surface area (Å²) in [6.45, 7) is 4.50. The van der Waals surface area contributed by atoms with Crippen molar-refractivity contribution in [1.29, 1.82) is 0 Å². The number of hydrogen-bond donors (Lipinski definition) is 2. The molecule has 59 heavy (non-hydrogen) atoms. The number of nitrogens with one attached hydrogen (secondary N) is 1. The van der Waals surface area contributed by atoms with Crippen LogP contribution in [0.2, 0.25) is 0 Å². The van der Waals surface area contributed by atoms with Gasteiger partial charge in [-0.05, 0) is 64.2 Å². The largest absolute Gasteiger partial charge is 0.756 e. The van der Waals surface area contributed by atoms with Gasteiger partial charge in [0.15, 0.2) is 0 Å². The number of carbonyl (C=O) groups is 1. The Morgan fingerprint density at radius 3 is 1.58 bits per heavy atom. The normalized spacial score (nSPS) is 14.8. The molecule has 0 aliphatic heterocycles. The smallest absolute Gasteiger partial charge is 0.268 e. The first kappa shape index (κ1) is 57.2. The highest BCUT2D eigenvalue weighted by atomic mass is 31.2. The number of rotatable bonds is 43. The molecule has 0 aliphatic carbocycles. The second-order valence-electron chi connectivity index (χ2n) is 17.4. The van der Waals surface area contributed by atoms with Gasteiger partial charge in [-0.25, -0.2) is 0 Å². The highest BCUT2D eigenvalue weighted by Gasteiger charge is 2.23. The molecule has 0 radical (unpaired) electrons. The number of allylic oxidation sites excluding steroid dienone is 9. The lowest BCUT2D eigenvalue weighted by molar-refractivity contribution is -0.870. The van der Waals surface area contributed by atoms with E-state index in [0.29, 0.717) is 17.4 Å². The van der Waals surface area contributed by atoms with Crippen LogP contribution in [0.15, 0.2) is 60.8 Å². The topological polar surface area (TPSA) is 108 Å². The first-order valence-electron chi connectivity index (χ1n) is 24.2. The van der Waals surface area contributed by atoms with E-state index in [-0.39, 0.29) is 12.5 Å².